The monoisotopic (exact) mass is 318 g/mol. The van der Waals surface area contributed by atoms with Crippen LogP contribution in [0.15, 0.2) is 29.3 Å². The van der Waals surface area contributed by atoms with E-state index in [9.17, 15) is 4.79 Å². The van der Waals surface area contributed by atoms with Crippen molar-refractivity contribution in [2.45, 2.75) is 59.5 Å². The smallest absolute Gasteiger partial charge is 0.290 e. The Morgan fingerprint density at radius 1 is 1.43 bits per heavy atom. The molecule has 2 aromatic heterocycles. The quantitative estimate of drug-likeness (QED) is 0.887. The van der Waals surface area contributed by atoms with Crippen LogP contribution < -0.4 is 5.32 Å². The molecule has 6 heteroatoms. The molecule has 1 N–H and O–H groups in total. The number of carbonyl (C=O) groups excluding carboxylic acids is 1. The summed E-state index contributed by atoms with van der Waals surface area (Å²) in [5.41, 5.74) is 0.721. The first-order valence-electron chi connectivity index (χ1n) is 8.04. The molecule has 0 fully saturated rings. The van der Waals surface area contributed by atoms with Gasteiger partial charge in [-0.1, -0.05) is 39.8 Å². The third-order valence-electron chi connectivity index (χ3n) is 4.17. The summed E-state index contributed by atoms with van der Waals surface area (Å²) in [6.45, 7) is 11.1. The normalized spacial score (nSPS) is 14.5. The SMILES string of the molecule is CC[C@H](C)c1cc(C(=O)N[C@H](Cn2ccnc2)C(C)(C)C)on1. The topological polar surface area (TPSA) is 73.0 Å². The van der Waals surface area contributed by atoms with Gasteiger partial charge in [-0.2, -0.15) is 0 Å². The Balaban J connectivity index is 2.09. The standard InChI is InChI=1S/C17H26N4O2/c1-6-12(2)13-9-14(23-20-13)16(22)19-15(17(3,4)5)10-21-8-7-18-11-21/h7-9,11-12,15H,6,10H2,1-5H3,(H,19,22)/t12-,15+/m0/s1. The highest BCUT2D eigenvalue weighted by Crippen LogP contribution is 2.22. The van der Waals surface area contributed by atoms with Crippen LogP contribution in [0.25, 0.3) is 0 Å². The minimum absolute atomic E-state index is 0.0543. The summed E-state index contributed by atoms with van der Waals surface area (Å²) in [6, 6.07) is 1.68. The molecular weight excluding hydrogens is 292 g/mol. The lowest BCUT2D eigenvalue weighted by molar-refractivity contribution is 0.0855. The van der Waals surface area contributed by atoms with Crippen molar-refractivity contribution >= 4 is 5.91 Å². The van der Waals surface area contributed by atoms with E-state index < -0.39 is 0 Å². The number of imidazole rings is 1. The van der Waals surface area contributed by atoms with Gasteiger partial charge in [0.1, 0.15) is 0 Å². The molecule has 0 aliphatic heterocycles. The highest BCUT2D eigenvalue weighted by Gasteiger charge is 2.28. The van der Waals surface area contributed by atoms with E-state index in [2.05, 4.69) is 50.1 Å². The van der Waals surface area contributed by atoms with Crippen molar-refractivity contribution in [3.8, 4) is 0 Å². The fraction of sp³-hybridized carbons (Fsp3) is 0.588. The number of aromatic nitrogens is 3. The number of hydrogen-bond donors (Lipinski definition) is 1. The fourth-order valence-electron chi connectivity index (χ4n) is 2.21. The molecule has 2 heterocycles. The van der Waals surface area contributed by atoms with Crippen LogP contribution in [0.1, 0.15) is 63.2 Å². The summed E-state index contributed by atoms with van der Waals surface area (Å²) in [6.07, 6.45) is 6.33. The second kappa shape index (κ2) is 6.98. The van der Waals surface area contributed by atoms with Crippen molar-refractivity contribution in [2.24, 2.45) is 5.41 Å². The fourth-order valence-corrected chi connectivity index (χ4v) is 2.21. The summed E-state index contributed by atoms with van der Waals surface area (Å²) >= 11 is 0. The molecule has 2 aromatic rings. The van der Waals surface area contributed by atoms with Crippen LogP contribution in [-0.4, -0.2) is 26.7 Å². The molecule has 2 rings (SSSR count). The van der Waals surface area contributed by atoms with E-state index in [1.807, 2.05) is 10.8 Å². The first-order valence-corrected chi connectivity index (χ1v) is 8.04. The zero-order valence-corrected chi connectivity index (χ0v) is 14.5. The number of carbonyl (C=O) groups is 1. The average Bonchev–Trinajstić information content (AvgIpc) is 3.16. The van der Waals surface area contributed by atoms with E-state index >= 15 is 0 Å². The van der Waals surface area contributed by atoms with Crippen LogP contribution in [0.5, 0.6) is 0 Å². The van der Waals surface area contributed by atoms with Crippen molar-refractivity contribution in [3.05, 3.63) is 36.2 Å². The Kier molecular flexibility index (Phi) is 5.23. The predicted molar refractivity (Wildman–Crippen MR) is 88.1 cm³/mol. The molecule has 0 aliphatic rings. The van der Waals surface area contributed by atoms with Crippen molar-refractivity contribution < 1.29 is 9.32 Å². The van der Waals surface area contributed by atoms with E-state index in [1.54, 1.807) is 18.6 Å². The Labute approximate surface area is 137 Å². The Morgan fingerprint density at radius 2 is 2.17 bits per heavy atom. The first-order chi connectivity index (χ1) is 10.8. The summed E-state index contributed by atoms with van der Waals surface area (Å²) in [5, 5.41) is 7.06. The van der Waals surface area contributed by atoms with Gasteiger partial charge in [-0.3, -0.25) is 4.79 Å². The van der Waals surface area contributed by atoms with Crippen LogP contribution in [-0.2, 0) is 6.54 Å². The molecule has 0 aromatic carbocycles. The maximum atomic E-state index is 12.5. The van der Waals surface area contributed by atoms with Crippen LogP contribution in [0, 0.1) is 5.41 Å². The van der Waals surface area contributed by atoms with Gasteiger partial charge in [0.2, 0.25) is 5.76 Å². The van der Waals surface area contributed by atoms with Crippen molar-refractivity contribution in [3.63, 3.8) is 0 Å². The van der Waals surface area contributed by atoms with Gasteiger partial charge < -0.3 is 14.4 Å². The summed E-state index contributed by atoms with van der Waals surface area (Å²) in [5.74, 6) is 0.317. The molecule has 0 saturated heterocycles. The van der Waals surface area contributed by atoms with Gasteiger partial charge in [0, 0.05) is 30.9 Å². The molecule has 0 unspecified atom stereocenters. The van der Waals surface area contributed by atoms with Crippen molar-refractivity contribution in [1.29, 1.82) is 0 Å². The minimum Gasteiger partial charge on any atom is -0.351 e. The number of amides is 1. The second-order valence-corrected chi connectivity index (χ2v) is 7.08. The van der Waals surface area contributed by atoms with Crippen LogP contribution >= 0.6 is 0 Å². The first kappa shape index (κ1) is 17.2. The molecule has 2 atom stereocenters. The molecule has 0 radical (unpaired) electrons. The molecule has 0 saturated carbocycles. The largest absolute Gasteiger partial charge is 0.351 e. The minimum atomic E-state index is -0.230. The second-order valence-electron chi connectivity index (χ2n) is 7.08. The summed E-state index contributed by atoms with van der Waals surface area (Å²) < 4.78 is 7.18. The van der Waals surface area contributed by atoms with Crippen LogP contribution in [0.3, 0.4) is 0 Å². The van der Waals surface area contributed by atoms with E-state index in [0.29, 0.717) is 6.54 Å². The molecule has 0 bridgehead atoms. The lowest BCUT2D eigenvalue weighted by atomic mass is 9.86. The molecular formula is C17H26N4O2. The Bertz CT molecular complexity index is 625. The number of hydrogen-bond acceptors (Lipinski definition) is 4. The molecule has 1 amide bonds. The van der Waals surface area contributed by atoms with Crippen LogP contribution in [0.2, 0.25) is 0 Å². The zero-order chi connectivity index (χ0) is 17.0. The molecule has 23 heavy (non-hydrogen) atoms. The highest BCUT2D eigenvalue weighted by atomic mass is 16.5. The number of rotatable bonds is 6. The van der Waals surface area contributed by atoms with Gasteiger partial charge in [0.25, 0.3) is 5.91 Å². The summed E-state index contributed by atoms with van der Waals surface area (Å²) in [7, 11) is 0. The van der Waals surface area contributed by atoms with Gasteiger partial charge in [-0.05, 0) is 11.8 Å². The predicted octanol–water partition coefficient (Wildman–Crippen LogP) is 3.23. The number of nitrogens with zero attached hydrogens (tertiary/aromatic N) is 3. The van der Waals surface area contributed by atoms with Crippen LogP contribution in [0.4, 0.5) is 0 Å². The van der Waals surface area contributed by atoms with Crippen molar-refractivity contribution in [1.82, 2.24) is 20.0 Å². The third kappa shape index (κ3) is 4.43. The van der Waals surface area contributed by atoms with E-state index in [0.717, 1.165) is 12.1 Å². The van der Waals surface area contributed by atoms with Gasteiger partial charge in [-0.25, -0.2) is 4.98 Å². The third-order valence-corrected chi connectivity index (χ3v) is 4.17. The van der Waals surface area contributed by atoms with E-state index in [-0.39, 0.29) is 29.0 Å². The lowest BCUT2D eigenvalue weighted by Gasteiger charge is -2.31. The van der Waals surface area contributed by atoms with E-state index in [1.165, 1.54) is 0 Å². The Morgan fingerprint density at radius 3 is 2.74 bits per heavy atom. The van der Waals surface area contributed by atoms with Gasteiger partial charge in [0.15, 0.2) is 0 Å². The zero-order valence-electron chi connectivity index (χ0n) is 14.5. The molecule has 126 valence electrons. The van der Waals surface area contributed by atoms with E-state index in [4.69, 9.17) is 4.52 Å². The maximum Gasteiger partial charge on any atom is 0.290 e. The molecule has 6 nitrogen and oxygen atoms in total. The number of nitrogens with one attached hydrogen (secondary N) is 1. The summed E-state index contributed by atoms with van der Waals surface area (Å²) in [4.78, 5) is 16.5. The van der Waals surface area contributed by atoms with Gasteiger partial charge >= 0.3 is 0 Å². The van der Waals surface area contributed by atoms with Gasteiger partial charge in [-0.15, -0.1) is 0 Å². The maximum absolute atomic E-state index is 12.5. The van der Waals surface area contributed by atoms with Gasteiger partial charge in [0.05, 0.1) is 18.1 Å². The van der Waals surface area contributed by atoms with Crippen molar-refractivity contribution in [2.75, 3.05) is 0 Å². The molecule has 0 spiro atoms. The molecule has 0 aliphatic carbocycles. The Hall–Kier alpha value is -2.11. The lowest BCUT2D eigenvalue weighted by Crippen LogP contribution is -2.46. The highest BCUT2D eigenvalue weighted by molar-refractivity contribution is 5.91. The average molecular weight is 318 g/mol.